The Labute approximate surface area is 126 Å². The molecule has 0 aliphatic carbocycles. The topological polar surface area (TPSA) is 84.2 Å². The van der Waals surface area contributed by atoms with Gasteiger partial charge in [0.2, 0.25) is 0 Å². The molecule has 0 aromatic carbocycles. The highest BCUT2D eigenvalue weighted by molar-refractivity contribution is 7.16. The first-order chi connectivity index (χ1) is 9.90. The van der Waals surface area contributed by atoms with Crippen molar-refractivity contribution >= 4 is 23.2 Å². The first-order valence-corrected chi connectivity index (χ1v) is 7.36. The monoisotopic (exact) mass is 307 g/mol. The number of rotatable bonds is 5. The molecule has 21 heavy (non-hydrogen) atoms. The minimum atomic E-state index is -1.01. The Bertz CT molecular complexity index is 673. The average molecular weight is 307 g/mol. The summed E-state index contributed by atoms with van der Waals surface area (Å²) in [5.41, 5.74) is 1.51. The molecular weight excluding hydrogens is 290 g/mol. The summed E-state index contributed by atoms with van der Waals surface area (Å²) >= 11 is 0.989. The molecule has 2 rings (SSSR count). The number of amides is 1. The predicted octanol–water partition coefficient (Wildman–Crippen LogP) is 2.46. The van der Waals surface area contributed by atoms with Crippen molar-refractivity contribution in [3.63, 3.8) is 0 Å². The molecule has 0 atom stereocenters. The van der Waals surface area contributed by atoms with Crippen LogP contribution in [0.1, 0.15) is 50.5 Å². The lowest BCUT2D eigenvalue weighted by molar-refractivity contribution is 0.0701. The molecule has 2 heterocycles. The molecule has 0 radical (unpaired) electrons. The highest BCUT2D eigenvalue weighted by Gasteiger charge is 2.17. The highest BCUT2D eigenvalue weighted by Crippen LogP contribution is 2.21. The third-order valence-corrected chi connectivity index (χ3v) is 4.23. The smallest absolute Gasteiger partial charge is 0.346 e. The fourth-order valence-electron chi connectivity index (χ4n) is 2.01. The lowest BCUT2D eigenvalue weighted by Gasteiger charge is -2.11. The van der Waals surface area contributed by atoms with Gasteiger partial charge in [0.05, 0.1) is 17.1 Å². The van der Waals surface area contributed by atoms with E-state index >= 15 is 0 Å². The molecule has 0 aliphatic heterocycles. The summed E-state index contributed by atoms with van der Waals surface area (Å²) in [6, 6.07) is 3.67. The molecule has 2 aromatic rings. The van der Waals surface area contributed by atoms with Gasteiger partial charge in [0.1, 0.15) is 4.88 Å². The number of aromatic nitrogens is 2. The number of hydrogen-bond donors (Lipinski definition) is 2. The van der Waals surface area contributed by atoms with Gasteiger partial charge in [0, 0.05) is 12.2 Å². The number of carboxylic acid groups (broad SMARTS) is 1. The summed E-state index contributed by atoms with van der Waals surface area (Å²) < 4.78 is 1.84. The lowest BCUT2D eigenvalue weighted by Crippen LogP contribution is -2.24. The summed E-state index contributed by atoms with van der Waals surface area (Å²) in [5, 5.41) is 16.0. The van der Waals surface area contributed by atoms with Crippen molar-refractivity contribution in [2.24, 2.45) is 0 Å². The van der Waals surface area contributed by atoms with Crippen molar-refractivity contribution in [1.82, 2.24) is 15.1 Å². The van der Waals surface area contributed by atoms with Crippen LogP contribution < -0.4 is 5.32 Å². The standard InChI is InChI=1S/C14H17N3O3S/c1-8(2)17-10(4-5-16-17)7-15-13(18)11-6-9(3)12(21-11)14(19)20/h4-6,8H,7H2,1-3H3,(H,15,18)(H,19,20). The fourth-order valence-corrected chi connectivity index (χ4v) is 2.94. The maximum absolute atomic E-state index is 12.1. The van der Waals surface area contributed by atoms with Crippen LogP contribution in [-0.4, -0.2) is 26.8 Å². The van der Waals surface area contributed by atoms with Crippen LogP contribution in [0.25, 0.3) is 0 Å². The fraction of sp³-hybridized carbons (Fsp3) is 0.357. The lowest BCUT2D eigenvalue weighted by atomic mass is 10.2. The van der Waals surface area contributed by atoms with Gasteiger partial charge in [-0.2, -0.15) is 5.10 Å². The van der Waals surface area contributed by atoms with E-state index in [0.29, 0.717) is 17.0 Å². The second-order valence-electron chi connectivity index (χ2n) is 4.97. The van der Waals surface area contributed by atoms with E-state index in [2.05, 4.69) is 10.4 Å². The predicted molar refractivity (Wildman–Crippen MR) is 79.8 cm³/mol. The number of carbonyl (C=O) groups is 2. The normalized spacial score (nSPS) is 10.9. The van der Waals surface area contributed by atoms with Gasteiger partial charge in [-0.25, -0.2) is 4.79 Å². The Kier molecular flexibility index (Phi) is 4.42. The summed E-state index contributed by atoms with van der Waals surface area (Å²) in [7, 11) is 0. The van der Waals surface area contributed by atoms with Gasteiger partial charge >= 0.3 is 5.97 Å². The average Bonchev–Trinajstić information content (AvgIpc) is 3.01. The Morgan fingerprint density at radius 2 is 2.19 bits per heavy atom. The van der Waals surface area contributed by atoms with Crippen LogP contribution in [0.3, 0.4) is 0 Å². The van der Waals surface area contributed by atoms with E-state index in [-0.39, 0.29) is 16.8 Å². The second-order valence-corrected chi connectivity index (χ2v) is 6.02. The molecule has 0 saturated heterocycles. The molecule has 0 aliphatic rings. The molecule has 0 saturated carbocycles. The van der Waals surface area contributed by atoms with Crippen LogP contribution in [-0.2, 0) is 6.54 Å². The summed E-state index contributed by atoms with van der Waals surface area (Å²) in [4.78, 5) is 23.7. The third kappa shape index (κ3) is 3.30. The van der Waals surface area contributed by atoms with Gasteiger partial charge < -0.3 is 10.4 Å². The zero-order valence-electron chi connectivity index (χ0n) is 12.1. The molecule has 0 unspecified atom stereocenters. The van der Waals surface area contributed by atoms with E-state index in [9.17, 15) is 9.59 Å². The van der Waals surface area contributed by atoms with E-state index < -0.39 is 5.97 Å². The van der Waals surface area contributed by atoms with Crippen LogP contribution in [0.4, 0.5) is 0 Å². The minimum Gasteiger partial charge on any atom is -0.477 e. The number of hydrogen-bond acceptors (Lipinski definition) is 4. The Morgan fingerprint density at radius 3 is 2.76 bits per heavy atom. The summed E-state index contributed by atoms with van der Waals surface area (Å²) in [6.07, 6.45) is 1.69. The first kappa shape index (κ1) is 15.2. The number of nitrogens with one attached hydrogen (secondary N) is 1. The van der Waals surface area contributed by atoms with Crippen LogP contribution in [0.5, 0.6) is 0 Å². The summed E-state index contributed by atoms with van der Waals surface area (Å²) in [6.45, 7) is 6.07. The third-order valence-electron chi connectivity index (χ3n) is 3.01. The van der Waals surface area contributed by atoms with E-state index in [4.69, 9.17) is 5.11 Å². The number of aromatic carboxylic acids is 1. The van der Waals surface area contributed by atoms with Crippen molar-refractivity contribution in [3.8, 4) is 0 Å². The molecule has 7 heteroatoms. The molecule has 2 N–H and O–H groups in total. The van der Waals surface area contributed by atoms with Crippen LogP contribution in [0.2, 0.25) is 0 Å². The number of aryl methyl sites for hydroxylation is 1. The largest absolute Gasteiger partial charge is 0.477 e. The Balaban J connectivity index is 2.07. The van der Waals surface area contributed by atoms with E-state index in [1.54, 1.807) is 19.2 Å². The molecular formula is C14H17N3O3S. The van der Waals surface area contributed by atoms with Crippen molar-refractivity contribution in [3.05, 3.63) is 39.3 Å². The first-order valence-electron chi connectivity index (χ1n) is 6.54. The van der Waals surface area contributed by atoms with Crippen molar-refractivity contribution in [2.45, 2.75) is 33.4 Å². The SMILES string of the molecule is Cc1cc(C(=O)NCc2ccnn2C(C)C)sc1C(=O)O. The highest BCUT2D eigenvalue weighted by atomic mass is 32.1. The van der Waals surface area contributed by atoms with Crippen LogP contribution in [0, 0.1) is 6.92 Å². The number of carboxylic acids is 1. The Morgan fingerprint density at radius 1 is 1.48 bits per heavy atom. The quantitative estimate of drug-likeness (QED) is 0.888. The molecule has 1 amide bonds. The molecule has 0 spiro atoms. The van der Waals surface area contributed by atoms with Crippen LogP contribution in [0.15, 0.2) is 18.3 Å². The number of nitrogens with zero attached hydrogens (tertiary/aromatic N) is 2. The van der Waals surface area contributed by atoms with Crippen molar-refractivity contribution in [2.75, 3.05) is 0 Å². The molecule has 0 bridgehead atoms. The zero-order chi connectivity index (χ0) is 15.6. The van der Waals surface area contributed by atoms with Gasteiger partial charge in [0.25, 0.3) is 5.91 Å². The van der Waals surface area contributed by atoms with Crippen molar-refractivity contribution in [1.29, 1.82) is 0 Å². The van der Waals surface area contributed by atoms with Gasteiger partial charge in [-0.3, -0.25) is 9.48 Å². The maximum atomic E-state index is 12.1. The summed E-state index contributed by atoms with van der Waals surface area (Å²) in [5.74, 6) is -1.28. The minimum absolute atomic E-state index is 0.201. The molecule has 112 valence electrons. The molecule has 6 nitrogen and oxygen atoms in total. The van der Waals surface area contributed by atoms with E-state index in [0.717, 1.165) is 17.0 Å². The van der Waals surface area contributed by atoms with Crippen LogP contribution >= 0.6 is 11.3 Å². The Hall–Kier alpha value is -2.15. The molecule has 2 aromatic heterocycles. The maximum Gasteiger partial charge on any atom is 0.346 e. The molecule has 0 fully saturated rings. The van der Waals surface area contributed by atoms with Crippen molar-refractivity contribution < 1.29 is 14.7 Å². The van der Waals surface area contributed by atoms with Gasteiger partial charge in [-0.1, -0.05) is 0 Å². The zero-order valence-corrected chi connectivity index (χ0v) is 12.9. The van der Waals surface area contributed by atoms with Gasteiger partial charge in [-0.15, -0.1) is 11.3 Å². The van der Waals surface area contributed by atoms with Gasteiger partial charge in [-0.05, 0) is 38.5 Å². The van der Waals surface area contributed by atoms with Gasteiger partial charge in [0.15, 0.2) is 0 Å². The van der Waals surface area contributed by atoms with E-state index in [1.165, 1.54) is 0 Å². The second kappa shape index (κ2) is 6.09. The number of carbonyl (C=O) groups excluding carboxylic acids is 1. The van der Waals surface area contributed by atoms with E-state index in [1.807, 2.05) is 24.6 Å². The number of thiophene rings is 1.